The van der Waals surface area contributed by atoms with E-state index in [1.54, 1.807) is 0 Å². The van der Waals surface area contributed by atoms with Crippen LogP contribution < -0.4 is 0 Å². The molecule has 2 atom stereocenters. The molecule has 0 radical (unpaired) electrons. The Labute approximate surface area is 108 Å². The molecule has 0 N–H and O–H groups in total. The molecule has 0 rings (SSSR count). The molecule has 0 saturated heterocycles. The van der Waals surface area contributed by atoms with Gasteiger partial charge < -0.3 is 0 Å². The molecular weight excluding hydrogens is 256 g/mol. The van der Waals surface area contributed by atoms with E-state index in [9.17, 15) is 0 Å². The fraction of sp³-hybridized carbons (Fsp3) is 1.00. The molecule has 0 fully saturated rings. The van der Waals surface area contributed by atoms with E-state index in [0.717, 1.165) is 35.9 Å². The van der Waals surface area contributed by atoms with E-state index < -0.39 is 0 Å². The first-order chi connectivity index (χ1) is 6.28. The zero-order valence-corrected chi connectivity index (χ0v) is 12.0. The average molecular weight is 275 g/mol. The molecule has 0 aromatic heterocycles. The summed E-state index contributed by atoms with van der Waals surface area (Å²) in [5.74, 6) is 3.75. The molecule has 0 aromatic carbocycles. The average Bonchev–Trinajstić information content (AvgIpc) is 2.16. The predicted molar refractivity (Wildman–Crippen MR) is 79.8 cm³/mol. The third-order valence-electron chi connectivity index (χ3n) is 1.69. The van der Waals surface area contributed by atoms with Gasteiger partial charge in [0, 0.05) is 22.0 Å². The van der Waals surface area contributed by atoms with E-state index in [4.69, 9.17) is 0 Å². The molecule has 0 aliphatic rings. The van der Waals surface area contributed by atoms with Gasteiger partial charge in [0.05, 0.1) is 0 Å². The molecule has 0 nitrogen and oxygen atoms in total. The van der Waals surface area contributed by atoms with Crippen molar-refractivity contribution in [1.82, 2.24) is 0 Å². The first-order valence-corrected chi connectivity index (χ1v) is 7.84. The molecular formula is C8H18S5. The highest BCUT2D eigenvalue weighted by Gasteiger charge is 2.13. The third kappa shape index (κ3) is 7.65. The van der Waals surface area contributed by atoms with Gasteiger partial charge in [0.1, 0.15) is 0 Å². The van der Waals surface area contributed by atoms with Gasteiger partial charge in [0.2, 0.25) is 0 Å². The van der Waals surface area contributed by atoms with E-state index in [-0.39, 0.29) is 0 Å². The van der Waals surface area contributed by atoms with Gasteiger partial charge in [0.15, 0.2) is 0 Å². The quantitative estimate of drug-likeness (QED) is 0.494. The largest absolute Gasteiger partial charge is 0.179 e. The van der Waals surface area contributed by atoms with Crippen molar-refractivity contribution >= 4 is 62.3 Å². The Hall–Kier alpha value is 1.75. The number of rotatable bonds is 8. The van der Waals surface area contributed by atoms with Gasteiger partial charge in [-0.15, -0.1) is 0 Å². The van der Waals surface area contributed by atoms with Crippen molar-refractivity contribution < 1.29 is 0 Å². The number of thiol groups is 4. The van der Waals surface area contributed by atoms with Gasteiger partial charge in [-0.1, -0.05) is 0 Å². The predicted octanol–water partition coefficient (Wildman–Crippen LogP) is 2.96. The summed E-state index contributed by atoms with van der Waals surface area (Å²) in [6.45, 7) is 0. The van der Waals surface area contributed by atoms with Crippen molar-refractivity contribution in [2.45, 2.75) is 23.3 Å². The lowest BCUT2D eigenvalue weighted by molar-refractivity contribution is 0.886. The summed E-state index contributed by atoms with van der Waals surface area (Å²) < 4.78 is 0. The zero-order valence-electron chi connectivity index (χ0n) is 7.59. The monoisotopic (exact) mass is 274 g/mol. The first-order valence-electron chi connectivity index (χ1n) is 4.37. The molecule has 0 heterocycles. The molecule has 13 heavy (non-hydrogen) atoms. The maximum absolute atomic E-state index is 4.33. The standard InChI is InChI=1S/C8H18S5/c9-3-1-7(5-11)13-8(6-12)2-4-10/h7-12H,1-6H2. The summed E-state index contributed by atoms with van der Waals surface area (Å²) in [6, 6.07) is 0. The van der Waals surface area contributed by atoms with Crippen LogP contribution in [0.15, 0.2) is 0 Å². The number of hydrogen-bond acceptors (Lipinski definition) is 5. The van der Waals surface area contributed by atoms with Crippen LogP contribution in [0.4, 0.5) is 0 Å². The molecule has 0 aliphatic heterocycles. The van der Waals surface area contributed by atoms with Crippen molar-refractivity contribution in [3.63, 3.8) is 0 Å². The molecule has 0 aliphatic carbocycles. The number of thioether (sulfide) groups is 1. The van der Waals surface area contributed by atoms with E-state index in [2.05, 4.69) is 50.5 Å². The second-order valence-corrected chi connectivity index (χ2v) is 6.00. The van der Waals surface area contributed by atoms with Crippen molar-refractivity contribution in [3.05, 3.63) is 0 Å². The molecule has 0 bridgehead atoms. The molecule has 0 spiro atoms. The smallest absolute Gasteiger partial charge is 0.0146 e. The van der Waals surface area contributed by atoms with E-state index in [1.807, 2.05) is 11.8 Å². The Morgan fingerprint density at radius 1 is 0.769 bits per heavy atom. The summed E-state index contributed by atoms with van der Waals surface area (Å²) >= 11 is 19.1. The third-order valence-corrected chi connectivity index (χ3v) is 5.16. The van der Waals surface area contributed by atoms with Crippen LogP contribution in [0.25, 0.3) is 0 Å². The molecule has 80 valence electrons. The van der Waals surface area contributed by atoms with Gasteiger partial charge in [-0.2, -0.15) is 62.3 Å². The Morgan fingerprint density at radius 2 is 1.15 bits per heavy atom. The summed E-state index contributed by atoms with van der Waals surface area (Å²) in [7, 11) is 0. The fourth-order valence-electron chi connectivity index (χ4n) is 0.965. The lowest BCUT2D eigenvalue weighted by Gasteiger charge is -2.19. The molecule has 0 saturated carbocycles. The zero-order chi connectivity index (χ0) is 10.1. The molecule has 0 amide bonds. The van der Waals surface area contributed by atoms with Crippen molar-refractivity contribution in [2.24, 2.45) is 0 Å². The van der Waals surface area contributed by atoms with Gasteiger partial charge in [-0.25, -0.2) is 0 Å². The molecule has 2 unspecified atom stereocenters. The van der Waals surface area contributed by atoms with Crippen LogP contribution in [0, 0.1) is 0 Å². The van der Waals surface area contributed by atoms with Crippen LogP contribution in [-0.2, 0) is 0 Å². The Bertz CT molecular complexity index is 96.7. The van der Waals surface area contributed by atoms with E-state index in [1.165, 1.54) is 0 Å². The van der Waals surface area contributed by atoms with Gasteiger partial charge >= 0.3 is 0 Å². The minimum absolute atomic E-state index is 0.623. The summed E-state index contributed by atoms with van der Waals surface area (Å²) in [5, 5.41) is 1.25. The second-order valence-electron chi connectivity index (χ2n) is 2.77. The van der Waals surface area contributed by atoms with Crippen LogP contribution >= 0.6 is 62.3 Å². The minimum Gasteiger partial charge on any atom is -0.179 e. The van der Waals surface area contributed by atoms with Gasteiger partial charge in [-0.05, 0) is 24.3 Å². The van der Waals surface area contributed by atoms with E-state index >= 15 is 0 Å². The maximum atomic E-state index is 4.33. The normalized spacial score (nSPS) is 15.7. The van der Waals surface area contributed by atoms with Crippen molar-refractivity contribution in [2.75, 3.05) is 23.0 Å². The molecule has 5 heteroatoms. The van der Waals surface area contributed by atoms with Crippen LogP contribution in [0.3, 0.4) is 0 Å². The van der Waals surface area contributed by atoms with Gasteiger partial charge in [-0.3, -0.25) is 0 Å². The summed E-state index contributed by atoms with van der Waals surface area (Å²) in [5.41, 5.74) is 0. The van der Waals surface area contributed by atoms with Crippen molar-refractivity contribution in [3.8, 4) is 0 Å². The van der Waals surface area contributed by atoms with Crippen molar-refractivity contribution in [1.29, 1.82) is 0 Å². The summed E-state index contributed by atoms with van der Waals surface area (Å²) in [4.78, 5) is 0. The first kappa shape index (κ1) is 14.8. The van der Waals surface area contributed by atoms with Crippen LogP contribution in [0.2, 0.25) is 0 Å². The topological polar surface area (TPSA) is 0 Å². The lowest BCUT2D eigenvalue weighted by atomic mass is 10.3. The highest BCUT2D eigenvalue weighted by Crippen LogP contribution is 2.25. The van der Waals surface area contributed by atoms with Crippen LogP contribution in [-0.4, -0.2) is 33.5 Å². The Morgan fingerprint density at radius 3 is 1.38 bits per heavy atom. The summed E-state index contributed by atoms with van der Waals surface area (Å²) in [6.07, 6.45) is 2.27. The Kier molecular flexibility index (Phi) is 11.7. The lowest BCUT2D eigenvalue weighted by Crippen LogP contribution is -2.15. The van der Waals surface area contributed by atoms with Gasteiger partial charge in [0.25, 0.3) is 0 Å². The van der Waals surface area contributed by atoms with Crippen LogP contribution in [0.5, 0.6) is 0 Å². The highest BCUT2D eigenvalue weighted by atomic mass is 32.2. The maximum Gasteiger partial charge on any atom is 0.0146 e. The minimum atomic E-state index is 0.623. The van der Waals surface area contributed by atoms with E-state index in [0.29, 0.717) is 10.5 Å². The second kappa shape index (κ2) is 10.3. The Balaban J connectivity index is 3.73. The fourth-order valence-corrected chi connectivity index (χ4v) is 4.04. The molecule has 0 aromatic rings. The number of hydrogen-bond donors (Lipinski definition) is 4. The SMILES string of the molecule is SCCC(CS)SC(CS)CCS. The van der Waals surface area contributed by atoms with Crippen LogP contribution in [0.1, 0.15) is 12.8 Å². The highest BCUT2D eigenvalue weighted by molar-refractivity contribution is 8.01.